The minimum atomic E-state index is -0.432. The number of thiophene rings is 1. The first kappa shape index (κ1) is 27.0. The van der Waals surface area contributed by atoms with Gasteiger partial charge in [0.15, 0.2) is 0 Å². The number of carbonyl (C=O) groups is 2. The first-order valence-electron chi connectivity index (χ1n) is 13.1. The molecule has 0 saturated carbocycles. The standard InChI is InChI=1S/C29H34N4O5S/c1-30-7-9-32(10-8-30)11-12-38-22-6-5-20-17-33(18-21(20)14-22)29(37)25-15-24(26(34)16-27(25)35)28(36)31(2)19-23-4-3-13-39-23/h3-6,13-16,34-35H,7-12,17-19H2,1-2H3. The lowest BCUT2D eigenvalue weighted by atomic mass is 10.1. The van der Waals surface area contributed by atoms with Gasteiger partial charge >= 0.3 is 0 Å². The molecule has 2 aromatic carbocycles. The second kappa shape index (κ2) is 11.6. The monoisotopic (exact) mass is 550 g/mol. The number of phenols is 2. The Bertz CT molecular complexity index is 1340. The van der Waals surface area contributed by atoms with Gasteiger partial charge in [-0.2, -0.15) is 0 Å². The molecule has 5 rings (SSSR count). The van der Waals surface area contributed by atoms with Crippen LogP contribution in [0.1, 0.15) is 36.7 Å². The van der Waals surface area contributed by atoms with Gasteiger partial charge < -0.3 is 29.6 Å². The quantitative estimate of drug-likeness (QED) is 0.445. The third-order valence-electron chi connectivity index (χ3n) is 7.35. The molecular weight excluding hydrogens is 516 g/mol. The van der Waals surface area contributed by atoms with Gasteiger partial charge in [-0.1, -0.05) is 12.1 Å². The van der Waals surface area contributed by atoms with Crippen molar-refractivity contribution in [2.24, 2.45) is 0 Å². The molecule has 3 aromatic rings. The SMILES string of the molecule is CN1CCN(CCOc2ccc3c(c2)CN(C(=O)c2cc(C(=O)N(C)Cc4cccs4)c(O)cc2O)C3)CC1. The molecule has 3 heterocycles. The van der Waals surface area contributed by atoms with Crippen molar-refractivity contribution in [3.05, 3.63) is 75.0 Å². The van der Waals surface area contributed by atoms with Crippen molar-refractivity contribution < 1.29 is 24.5 Å². The number of hydrogen-bond acceptors (Lipinski definition) is 8. The van der Waals surface area contributed by atoms with E-state index < -0.39 is 11.8 Å². The number of carbonyl (C=O) groups excluding carboxylic acids is 2. The van der Waals surface area contributed by atoms with Crippen molar-refractivity contribution >= 4 is 23.2 Å². The van der Waals surface area contributed by atoms with Gasteiger partial charge in [0.05, 0.1) is 17.7 Å². The van der Waals surface area contributed by atoms with Crippen molar-refractivity contribution in [2.45, 2.75) is 19.6 Å². The maximum Gasteiger partial charge on any atom is 0.258 e. The molecule has 0 spiro atoms. The molecule has 206 valence electrons. The van der Waals surface area contributed by atoms with Gasteiger partial charge in [-0.05, 0) is 47.8 Å². The van der Waals surface area contributed by atoms with Gasteiger partial charge in [0.1, 0.15) is 23.9 Å². The number of hydrogen-bond donors (Lipinski definition) is 2. The number of fused-ring (bicyclic) bond motifs is 1. The molecule has 2 aliphatic heterocycles. The van der Waals surface area contributed by atoms with Crippen LogP contribution < -0.4 is 4.74 Å². The highest BCUT2D eigenvalue weighted by atomic mass is 32.1. The van der Waals surface area contributed by atoms with Crippen molar-refractivity contribution in [3.8, 4) is 17.2 Å². The van der Waals surface area contributed by atoms with Gasteiger partial charge in [0.25, 0.3) is 11.8 Å². The molecule has 1 saturated heterocycles. The maximum absolute atomic E-state index is 13.4. The molecule has 9 nitrogen and oxygen atoms in total. The normalized spacial score (nSPS) is 15.8. The second-order valence-corrected chi connectivity index (χ2v) is 11.2. The van der Waals surface area contributed by atoms with E-state index in [0.29, 0.717) is 26.2 Å². The lowest BCUT2D eigenvalue weighted by Crippen LogP contribution is -2.45. The molecule has 2 amide bonds. The Balaban J connectivity index is 1.23. The minimum Gasteiger partial charge on any atom is -0.507 e. The summed E-state index contributed by atoms with van der Waals surface area (Å²) >= 11 is 1.53. The Kier molecular flexibility index (Phi) is 8.06. The van der Waals surface area contributed by atoms with Crippen LogP contribution in [0.5, 0.6) is 17.2 Å². The number of benzene rings is 2. The zero-order chi connectivity index (χ0) is 27.5. The summed E-state index contributed by atoms with van der Waals surface area (Å²) < 4.78 is 6.01. The topological polar surface area (TPSA) is 96.8 Å². The molecule has 1 aromatic heterocycles. The number of ether oxygens (including phenoxy) is 1. The van der Waals surface area contributed by atoms with Crippen LogP contribution in [-0.2, 0) is 19.6 Å². The second-order valence-electron chi connectivity index (χ2n) is 10.2. The molecule has 0 aliphatic carbocycles. The number of piperazine rings is 1. The fourth-order valence-corrected chi connectivity index (χ4v) is 5.73. The van der Waals surface area contributed by atoms with E-state index in [1.807, 2.05) is 35.7 Å². The summed E-state index contributed by atoms with van der Waals surface area (Å²) in [5, 5.41) is 22.8. The van der Waals surface area contributed by atoms with Crippen molar-refractivity contribution in [2.75, 3.05) is 53.4 Å². The van der Waals surface area contributed by atoms with Gasteiger partial charge in [0.2, 0.25) is 0 Å². The summed E-state index contributed by atoms with van der Waals surface area (Å²) in [7, 11) is 3.78. The molecule has 39 heavy (non-hydrogen) atoms. The van der Waals surface area contributed by atoms with Crippen LogP contribution >= 0.6 is 11.3 Å². The largest absolute Gasteiger partial charge is 0.507 e. The van der Waals surface area contributed by atoms with E-state index in [2.05, 4.69) is 16.8 Å². The van der Waals surface area contributed by atoms with Gasteiger partial charge in [0, 0.05) is 63.8 Å². The minimum absolute atomic E-state index is 0.0165. The van der Waals surface area contributed by atoms with E-state index in [9.17, 15) is 19.8 Å². The van der Waals surface area contributed by atoms with Crippen molar-refractivity contribution in [1.29, 1.82) is 0 Å². The molecule has 10 heteroatoms. The van der Waals surface area contributed by atoms with E-state index in [0.717, 1.165) is 60.5 Å². The Labute approximate surface area is 232 Å². The molecule has 0 bridgehead atoms. The summed E-state index contributed by atoms with van der Waals surface area (Å²) in [5.41, 5.74) is 1.96. The molecule has 0 unspecified atom stereocenters. The van der Waals surface area contributed by atoms with Crippen molar-refractivity contribution in [1.82, 2.24) is 19.6 Å². The third kappa shape index (κ3) is 6.19. The van der Waals surface area contributed by atoms with E-state index in [4.69, 9.17) is 4.74 Å². The zero-order valence-electron chi connectivity index (χ0n) is 22.3. The zero-order valence-corrected chi connectivity index (χ0v) is 23.1. The third-order valence-corrected chi connectivity index (χ3v) is 8.22. The lowest BCUT2D eigenvalue weighted by Gasteiger charge is -2.32. The summed E-state index contributed by atoms with van der Waals surface area (Å²) in [5.74, 6) is -0.797. The van der Waals surface area contributed by atoms with Crippen LogP contribution in [-0.4, -0.2) is 95.1 Å². The molecule has 0 radical (unpaired) electrons. The highest BCUT2D eigenvalue weighted by molar-refractivity contribution is 7.09. The number of amides is 2. The fourth-order valence-electron chi connectivity index (χ4n) is 4.97. The summed E-state index contributed by atoms with van der Waals surface area (Å²) in [6.45, 7) is 6.84. The van der Waals surface area contributed by atoms with E-state index in [1.54, 1.807) is 11.9 Å². The van der Waals surface area contributed by atoms with Crippen LogP contribution in [0.4, 0.5) is 0 Å². The lowest BCUT2D eigenvalue weighted by molar-refractivity contribution is 0.0748. The Morgan fingerprint density at radius 3 is 2.46 bits per heavy atom. The molecule has 2 aliphatic rings. The fraction of sp³-hybridized carbons (Fsp3) is 0.379. The predicted molar refractivity (Wildman–Crippen MR) is 149 cm³/mol. The number of likely N-dealkylation sites (N-methyl/N-ethyl adjacent to an activating group) is 1. The van der Waals surface area contributed by atoms with E-state index >= 15 is 0 Å². The smallest absolute Gasteiger partial charge is 0.258 e. The summed E-state index contributed by atoms with van der Waals surface area (Å²) in [6, 6.07) is 12.1. The van der Waals surface area contributed by atoms with E-state index in [1.165, 1.54) is 22.3 Å². The van der Waals surface area contributed by atoms with Gasteiger partial charge in [-0.15, -0.1) is 11.3 Å². The molecular formula is C29H34N4O5S. The number of phenolic OH excluding ortho intramolecular Hbond substituents is 2. The Morgan fingerprint density at radius 1 is 0.974 bits per heavy atom. The average molecular weight is 551 g/mol. The first-order valence-corrected chi connectivity index (χ1v) is 13.9. The summed E-state index contributed by atoms with van der Waals surface area (Å²) in [4.78, 5) is 35.3. The molecule has 0 atom stereocenters. The first-order chi connectivity index (χ1) is 18.8. The van der Waals surface area contributed by atoms with Crippen molar-refractivity contribution in [3.63, 3.8) is 0 Å². The van der Waals surface area contributed by atoms with E-state index in [-0.39, 0.29) is 22.6 Å². The average Bonchev–Trinajstić information content (AvgIpc) is 3.59. The van der Waals surface area contributed by atoms with Crippen LogP contribution in [0.2, 0.25) is 0 Å². The summed E-state index contributed by atoms with van der Waals surface area (Å²) in [6.07, 6.45) is 0. The van der Waals surface area contributed by atoms with Crippen LogP contribution in [0.15, 0.2) is 47.8 Å². The Morgan fingerprint density at radius 2 is 1.72 bits per heavy atom. The highest BCUT2D eigenvalue weighted by Crippen LogP contribution is 2.33. The van der Waals surface area contributed by atoms with Gasteiger partial charge in [-0.3, -0.25) is 14.5 Å². The van der Waals surface area contributed by atoms with Gasteiger partial charge in [-0.25, -0.2) is 0 Å². The Hall–Kier alpha value is -3.60. The maximum atomic E-state index is 13.4. The van der Waals surface area contributed by atoms with Crippen LogP contribution in [0.3, 0.4) is 0 Å². The highest BCUT2D eigenvalue weighted by Gasteiger charge is 2.29. The number of aromatic hydroxyl groups is 2. The molecule has 2 N–H and O–H groups in total. The number of nitrogens with zero attached hydrogens (tertiary/aromatic N) is 4. The predicted octanol–water partition coefficient (Wildman–Crippen LogP) is 3.21. The van der Waals surface area contributed by atoms with Crippen LogP contribution in [0, 0.1) is 0 Å². The number of rotatable bonds is 8. The van der Waals surface area contributed by atoms with Crippen LogP contribution in [0.25, 0.3) is 0 Å². The molecule has 1 fully saturated rings.